The Balaban J connectivity index is 1.45. The molecular weight excluding hydrogens is 422 g/mol. The fourth-order valence-corrected chi connectivity index (χ4v) is 4.31. The van der Waals surface area contributed by atoms with Crippen molar-refractivity contribution in [2.75, 3.05) is 18.2 Å². The van der Waals surface area contributed by atoms with Crippen molar-refractivity contribution in [3.63, 3.8) is 0 Å². The summed E-state index contributed by atoms with van der Waals surface area (Å²) in [4.78, 5) is 25.5. The number of carbonyl (C=O) groups is 1. The number of anilines is 2. The molecule has 0 aliphatic heterocycles. The molecule has 0 radical (unpaired) electrons. The number of methoxy groups -OCH3 is 1. The van der Waals surface area contributed by atoms with Crippen molar-refractivity contribution in [1.29, 1.82) is 0 Å². The van der Waals surface area contributed by atoms with Gasteiger partial charge in [0.15, 0.2) is 11.6 Å². The standard InChI is InChI=1S/C23H25N7O3/c1-12(2)23-28-19(33-29-23)10-18(31)27-15-8-7-13(9-17(15)32-3)30-16-6-4-5-14(16)20-21(30)22(24)26-11-25-20/h7-9,11-12H,4-6,10H2,1-3H3,(H,27,31)(H2,24,25,26). The van der Waals surface area contributed by atoms with Crippen molar-refractivity contribution in [2.24, 2.45) is 0 Å². The Kier molecular flexibility index (Phi) is 5.20. The molecule has 1 aliphatic carbocycles. The van der Waals surface area contributed by atoms with Gasteiger partial charge < -0.3 is 24.9 Å². The molecule has 10 heteroatoms. The molecule has 0 spiro atoms. The van der Waals surface area contributed by atoms with Crippen LogP contribution in [0.5, 0.6) is 5.75 Å². The fourth-order valence-electron chi connectivity index (χ4n) is 4.31. The van der Waals surface area contributed by atoms with E-state index >= 15 is 0 Å². The summed E-state index contributed by atoms with van der Waals surface area (Å²) in [6.45, 7) is 3.93. The second-order valence-electron chi connectivity index (χ2n) is 8.38. The number of nitrogens with one attached hydrogen (secondary N) is 1. The molecule has 0 fully saturated rings. The quantitative estimate of drug-likeness (QED) is 0.460. The third kappa shape index (κ3) is 3.67. The number of amides is 1. The molecular formula is C23H25N7O3. The van der Waals surface area contributed by atoms with Gasteiger partial charge in [-0.25, -0.2) is 9.97 Å². The van der Waals surface area contributed by atoms with E-state index in [9.17, 15) is 4.79 Å². The van der Waals surface area contributed by atoms with E-state index in [1.54, 1.807) is 7.11 Å². The molecule has 1 amide bonds. The summed E-state index contributed by atoms with van der Waals surface area (Å²) in [5.41, 5.74) is 11.8. The van der Waals surface area contributed by atoms with Crippen LogP contribution in [-0.2, 0) is 24.1 Å². The molecule has 0 atom stereocenters. The number of benzene rings is 1. The van der Waals surface area contributed by atoms with E-state index in [1.807, 2.05) is 32.0 Å². The number of hydrogen-bond donors (Lipinski definition) is 2. The highest BCUT2D eigenvalue weighted by atomic mass is 16.5. The maximum absolute atomic E-state index is 12.6. The summed E-state index contributed by atoms with van der Waals surface area (Å²) >= 11 is 0. The molecule has 3 heterocycles. The zero-order valence-corrected chi connectivity index (χ0v) is 18.8. The molecule has 33 heavy (non-hydrogen) atoms. The van der Waals surface area contributed by atoms with Crippen LogP contribution in [0.25, 0.3) is 16.7 Å². The van der Waals surface area contributed by atoms with Crippen molar-refractivity contribution in [1.82, 2.24) is 24.7 Å². The average Bonchev–Trinajstić information content (AvgIpc) is 3.51. The molecule has 5 rings (SSSR count). The van der Waals surface area contributed by atoms with Gasteiger partial charge in [0.2, 0.25) is 11.8 Å². The smallest absolute Gasteiger partial charge is 0.236 e. The second kappa shape index (κ2) is 8.19. The van der Waals surface area contributed by atoms with Crippen molar-refractivity contribution in [2.45, 2.75) is 45.4 Å². The van der Waals surface area contributed by atoms with E-state index in [1.165, 1.54) is 17.6 Å². The van der Waals surface area contributed by atoms with Gasteiger partial charge in [0.25, 0.3) is 0 Å². The summed E-state index contributed by atoms with van der Waals surface area (Å²) < 4.78 is 12.9. The first kappa shape index (κ1) is 20.9. The van der Waals surface area contributed by atoms with E-state index in [-0.39, 0.29) is 24.1 Å². The summed E-state index contributed by atoms with van der Waals surface area (Å²) in [6.07, 6.45) is 4.47. The molecule has 3 aromatic heterocycles. The summed E-state index contributed by atoms with van der Waals surface area (Å²) in [5, 5.41) is 6.77. The summed E-state index contributed by atoms with van der Waals surface area (Å²) in [7, 11) is 1.57. The lowest BCUT2D eigenvalue weighted by Crippen LogP contribution is -2.15. The minimum atomic E-state index is -0.273. The predicted octanol–water partition coefficient (Wildman–Crippen LogP) is 3.19. The van der Waals surface area contributed by atoms with E-state index in [0.29, 0.717) is 23.1 Å². The molecule has 10 nitrogen and oxygen atoms in total. The SMILES string of the molecule is COc1cc(-n2c3c(c4ncnc(N)c42)CCC3)ccc1NC(=O)Cc1nc(C(C)C)no1. The predicted molar refractivity (Wildman–Crippen MR) is 123 cm³/mol. The maximum Gasteiger partial charge on any atom is 0.236 e. The first-order valence-electron chi connectivity index (χ1n) is 10.9. The van der Waals surface area contributed by atoms with Gasteiger partial charge in [-0.1, -0.05) is 19.0 Å². The minimum Gasteiger partial charge on any atom is -0.494 e. The number of aromatic nitrogens is 5. The van der Waals surface area contributed by atoms with Crippen LogP contribution in [0.3, 0.4) is 0 Å². The van der Waals surface area contributed by atoms with Crippen molar-refractivity contribution in [3.05, 3.63) is 47.5 Å². The van der Waals surface area contributed by atoms with Crippen molar-refractivity contribution < 1.29 is 14.1 Å². The zero-order chi connectivity index (χ0) is 23.1. The van der Waals surface area contributed by atoms with Crippen LogP contribution in [0.15, 0.2) is 29.0 Å². The lowest BCUT2D eigenvalue weighted by atomic mass is 10.2. The Bertz CT molecular complexity index is 1360. The third-order valence-electron chi connectivity index (χ3n) is 5.85. The largest absolute Gasteiger partial charge is 0.494 e. The molecule has 1 aliphatic rings. The average molecular weight is 447 g/mol. The number of carbonyl (C=O) groups excluding carboxylic acids is 1. The van der Waals surface area contributed by atoms with E-state index in [2.05, 4.69) is 30.0 Å². The van der Waals surface area contributed by atoms with Crippen LogP contribution >= 0.6 is 0 Å². The Morgan fingerprint density at radius 2 is 2.15 bits per heavy atom. The topological polar surface area (TPSA) is 134 Å². The summed E-state index contributed by atoms with van der Waals surface area (Å²) in [6, 6.07) is 5.61. The lowest BCUT2D eigenvalue weighted by Gasteiger charge is -2.15. The molecule has 0 bridgehead atoms. The minimum absolute atomic E-state index is 0.0196. The van der Waals surface area contributed by atoms with Crippen LogP contribution in [-0.4, -0.2) is 37.7 Å². The first-order chi connectivity index (χ1) is 16.0. The number of aryl methyl sites for hydroxylation is 1. The van der Waals surface area contributed by atoms with Gasteiger partial charge >= 0.3 is 0 Å². The molecule has 0 unspecified atom stereocenters. The van der Waals surface area contributed by atoms with Crippen molar-refractivity contribution in [3.8, 4) is 11.4 Å². The highest BCUT2D eigenvalue weighted by molar-refractivity contribution is 5.94. The first-order valence-corrected chi connectivity index (χ1v) is 10.9. The van der Waals surface area contributed by atoms with E-state index < -0.39 is 0 Å². The summed E-state index contributed by atoms with van der Waals surface area (Å²) in [5.74, 6) is 1.67. The molecule has 170 valence electrons. The van der Waals surface area contributed by atoms with Crippen LogP contribution < -0.4 is 15.8 Å². The number of nitrogens with zero attached hydrogens (tertiary/aromatic N) is 5. The van der Waals surface area contributed by atoms with E-state index in [0.717, 1.165) is 36.0 Å². The molecule has 0 saturated heterocycles. The molecule has 3 N–H and O–H groups in total. The Morgan fingerprint density at radius 3 is 2.91 bits per heavy atom. The van der Waals surface area contributed by atoms with E-state index in [4.69, 9.17) is 15.0 Å². The Labute approximate surface area is 190 Å². The lowest BCUT2D eigenvalue weighted by molar-refractivity contribution is -0.115. The number of fused-ring (bicyclic) bond motifs is 3. The Morgan fingerprint density at radius 1 is 1.30 bits per heavy atom. The monoisotopic (exact) mass is 447 g/mol. The van der Waals surface area contributed by atoms with Gasteiger partial charge in [0, 0.05) is 23.4 Å². The van der Waals surface area contributed by atoms with Crippen LogP contribution in [0.2, 0.25) is 0 Å². The van der Waals surface area contributed by atoms with Gasteiger partial charge in [-0.2, -0.15) is 4.98 Å². The molecule has 0 saturated carbocycles. The number of rotatable bonds is 6. The van der Waals surface area contributed by atoms with Crippen LogP contribution in [0.4, 0.5) is 11.5 Å². The van der Waals surface area contributed by atoms with Gasteiger partial charge in [-0.15, -0.1) is 0 Å². The van der Waals surface area contributed by atoms with Crippen LogP contribution in [0, 0.1) is 0 Å². The molecule has 4 aromatic rings. The van der Waals surface area contributed by atoms with Crippen LogP contribution in [0.1, 0.15) is 49.2 Å². The highest BCUT2D eigenvalue weighted by Crippen LogP contribution is 2.38. The fraction of sp³-hybridized carbons (Fsp3) is 0.348. The maximum atomic E-state index is 12.6. The normalized spacial score (nSPS) is 13.0. The van der Waals surface area contributed by atoms with Crippen molar-refractivity contribution >= 4 is 28.4 Å². The number of nitrogens with two attached hydrogens (primary N) is 1. The Hall–Kier alpha value is -3.95. The van der Waals surface area contributed by atoms with Gasteiger partial charge in [0.1, 0.15) is 24.0 Å². The van der Waals surface area contributed by atoms with Gasteiger partial charge in [-0.05, 0) is 37.0 Å². The molecule has 1 aromatic carbocycles. The number of ether oxygens (including phenoxy) is 1. The van der Waals surface area contributed by atoms with Gasteiger partial charge in [0.05, 0.1) is 18.3 Å². The van der Waals surface area contributed by atoms with Gasteiger partial charge in [-0.3, -0.25) is 4.79 Å². The second-order valence-corrected chi connectivity index (χ2v) is 8.38. The number of nitrogen functional groups attached to an aromatic ring is 1. The highest BCUT2D eigenvalue weighted by Gasteiger charge is 2.25. The number of hydrogen-bond acceptors (Lipinski definition) is 8. The zero-order valence-electron chi connectivity index (χ0n) is 18.8. The third-order valence-corrected chi connectivity index (χ3v) is 5.85.